The highest BCUT2D eigenvalue weighted by atomic mass is 16.5. The van der Waals surface area contributed by atoms with Crippen molar-refractivity contribution in [2.24, 2.45) is 0 Å². The highest BCUT2D eigenvalue weighted by Gasteiger charge is 2.28. The Balaban J connectivity index is 1.43. The molecule has 0 radical (unpaired) electrons. The molecule has 0 aromatic heterocycles. The third-order valence-corrected chi connectivity index (χ3v) is 5.11. The van der Waals surface area contributed by atoms with Crippen molar-refractivity contribution in [3.63, 3.8) is 0 Å². The summed E-state index contributed by atoms with van der Waals surface area (Å²) in [6.45, 7) is 0. The van der Waals surface area contributed by atoms with Crippen molar-refractivity contribution >= 4 is 5.78 Å². The fourth-order valence-electron chi connectivity index (χ4n) is 3.62. The molecule has 3 aromatic rings. The number of para-hydroxylation sites is 1. The number of carbonyl (C=O) groups excluding carboxylic acids is 1. The first-order valence-corrected chi connectivity index (χ1v) is 9.88. The van der Waals surface area contributed by atoms with Crippen LogP contribution in [-0.4, -0.2) is 18.0 Å². The van der Waals surface area contributed by atoms with E-state index in [9.17, 15) is 4.79 Å². The highest BCUT2D eigenvalue weighted by molar-refractivity contribution is 6.08. The Morgan fingerprint density at radius 2 is 1.07 bits per heavy atom. The van der Waals surface area contributed by atoms with E-state index >= 15 is 0 Å². The smallest absolute Gasteiger partial charge is 0.193 e. The van der Waals surface area contributed by atoms with Crippen molar-refractivity contribution in [2.75, 3.05) is 0 Å². The number of ketones is 1. The van der Waals surface area contributed by atoms with Crippen LogP contribution in [0, 0.1) is 0 Å². The van der Waals surface area contributed by atoms with Crippen molar-refractivity contribution < 1.29 is 14.3 Å². The van der Waals surface area contributed by atoms with Gasteiger partial charge < -0.3 is 9.47 Å². The number of carbonyl (C=O) groups is 1. The molecule has 3 aromatic carbocycles. The van der Waals surface area contributed by atoms with Crippen LogP contribution in [0.25, 0.3) is 0 Å². The van der Waals surface area contributed by atoms with Crippen LogP contribution in [0.1, 0.15) is 41.6 Å². The van der Waals surface area contributed by atoms with Gasteiger partial charge in [-0.3, -0.25) is 4.79 Å². The van der Waals surface area contributed by atoms with Gasteiger partial charge in [0.1, 0.15) is 23.7 Å². The quantitative estimate of drug-likeness (QED) is 0.522. The van der Waals surface area contributed by atoms with Crippen LogP contribution in [0.4, 0.5) is 0 Å². The molecule has 0 bridgehead atoms. The molecule has 0 aliphatic heterocycles. The zero-order chi connectivity index (χ0) is 19.2. The van der Waals surface area contributed by atoms with Gasteiger partial charge in [0, 0.05) is 11.1 Å². The maximum Gasteiger partial charge on any atom is 0.193 e. The zero-order valence-electron chi connectivity index (χ0n) is 15.8. The normalized spacial score (nSPS) is 19.0. The molecular formula is C25H24O3. The predicted octanol–water partition coefficient (Wildman–Crippen LogP) is 5.69. The van der Waals surface area contributed by atoms with Crippen LogP contribution >= 0.6 is 0 Å². The second-order valence-corrected chi connectivity index (χ2v) is 7.13. The molecule has 2 unspecified atom stereocenters. The van der Waals surface area contributed by atoms with Gasteiger partial charge in [0.2, 0.25) is 0 Å². The average molecular weight is 372 g/mol. The van der Waals surface area contributed by atoms with E-state index in [0.29, 0.717) is 11.1 Å². The Hall–Kier alpha value is -3.07. The predicted molar refractivity (Wildman–Crippen MR) is 110 cm³/mol. The molecule has 28 heavy (non-hydrogen) atoms. The average Bonchev–Trinajstić information content (AvgIpc) is 2.76. The first kappa shape index (κ1) is 18.3. The molecule has 0 N–H and O–H groups in total. The minimum atomic E-state index is 0.0182. The van der Waals surface area contributed by atoms with Crippen molar-refractivity contribution in [2.45, 2.75) is 37.9 Å². The minimum Gasteiger partial charge on any atom is -0.487 e. The first-order valence-electron chi connectivity index (χ1n) is 9.88. The molecular weight excluding hydrogens is 348 g/mol. The second kappa shape index (κ2) is 8.75. The molecule has 1 fully saturated rings. The van der Waals surface area contributed by atoms with Crippen molar-refractivity contribution in [1.82, 2.24) is 0 Å². The number of hydrogen-bond acceptors (Lipinski definition) is 3. The summed E-state index contributed by atoms with van der Waals surface area (Å²) in [6.07, 6.45) is 4.32. The molecule has 0 saturated heterocycles. The maximum atomic E-state index is 12.5. The van der Waals surface area contributed by atoms with E-state index in [4.69, 9.17) is 9.47 Å². The van der Waals surface area contributed by atoms with Gasteiger partial charge in [-0.1, -0.05) is 48.5 Å². The Morgan fingerprint density at radius 1 is 0.607 bits per heavy atom. The standard InChI is InChI=1S/C25H24O3/c26-25(19-9-3-1-4-10-19)20-15-17-22(18-16-20)28-24-14-8-7-13-23(24)27-21-11-5-2-6-12-21/h1-6,9-12,15-18,23-24H,7-8,13-14H2. The van der Waals surface area contributed by atoms with Crippen LogP contribution < -0.4 is 9.47 Å². The number of hydrogen-bond donors (Lipinski definition) is 0. The third kappa shape index (κ3) is 4.42. The summed E-state index contributed by atoms with van der Waals surface area (Å²) in [5, 5.41) is 0. The van der Waals surface area contributed by atoms with E-state index < -0.39 is 0 Å². The van der Waals surface area contributed by atoms with Gasteiger partial charge in [-0.25, -0.2) is 0 Å². The topological polar surface area (TPSA) is 35.5 Å². The van der Waals surface area contributed by atoms with Crippen LogP contribution in [0.15, 0.2) is 84.9 Å². The molecule has 1 aliphatic carbocycles. The molecule has 1 aliphatic rings. The number of benzene rings is 3. The fraction of sp³-hybridized carbons (Fsp3) is 0.240. The Bertz CT molecular complexity index is 888. The van der Waals surface area contributed by atoms with Gasteiger partial charge in [-0.2, -0.15) is 0 Å². The molecule has 0 spiro atoms. The van der Waals surface area contributed by atoms with Gasteiger partial charge in [0.25, 0.3) is 0 Å². The Morgan fingerprint density at radius 3 is 1.64 bits per heavy atom. The van der Waals surface area contributed by atoms with Crippen molar-refractivity contribution in [3.8, 4) is 11.5 Å². The molecule has 1 saturated carbocycles. The van der Waals surface area contributed by atoms with Gasteiger partial charge in [0.15, 0.2) is 5.78 Å². The number of ether oxygens (including phenoxy) is 2. The largest absolute Gasteiger partial charge is 0.487 e. The molecule has 3 heteroatoms. The summed E-state index contributed by atoms with van der Waals surface area (Å²) < 4.78 is 12.4. The van der Waals surface area contributed by atoms with E-state index in [0.717, 1.165) is 37.2 Å². The Kier molecular flexibility index (Phi) is 5.72. The highest BCUT2D eigenvalue weighted by Crippen LogP contribution is 2.28. The zero-order valence-corrected chi connectivity index (χ0v) is 15.8. The second-order valence-electron chi connectivity index (χ2n) is 7.13. The summed E-state index contributed by atoms with van der Waals surface area (Å²) >= 11 is 0. The van der Waals surface area contributed by atoms with Crippen molar-refractivity contribution in [3.05, 3.63) is 96.1 Å². The first-order chi connectivity index (χ1) is 13.8. The summed E-state index contributed by atoms with van der Waals surface area (Å²) in [5.41, 5.74) is 1.36. The Labute approximate surface area is 165 Å². The molecule has 3 nitrogen and oxygen atoms in total. The molecule has 0 amide bonds. The van der Waals surface area contributed by atoms with Crippen molar-refractivity contribution in [1.29, 1.82) is 0 Å². The van der Waals surface area contributed by atoms with Gasteiger partial charge >= 0.3 is 0 Å². The lowest BCUT2D eigenvalue weighted by Gasteiger charge is -2.32. The van der Waals surface area contributed by atoms with E-state index in [-0.39, 0.29) is 18.0 Å². The van der Waals surface area contributed by atoms with Crippen LogP contribution in [0.5, 0.6) is 11.5 Å². The lowest BCUT2D eigenvalue weighted by Crippen LogP contribution is -2.39. The molecule has 0 heterocycles. The fourth-order valence-corrected chi connectivity index (χ4v) is 3.62. The molecule has 2 atom stereocenters. The van der Waals surface area contributed by atoms with Gasteiger partial charge in [-0.15, -0.1) is 0 Å². The van der Waals surface area contributed by atoms with E-state index in [2.05, 4.69) is 0 Å². The minimum absolute atomic E-state index is 0.0182. The van der Waals surface area contributed by atoms with Crippen LogP contribution in [0.2, 0.25) is 0 Å². The third-order valence-electron chi connectivity index (χ3n) is 5.11. The molecule has 4 rings (SSSR count). The number of rotatable bonds is 6. The maximum absolute atomic E-state index is 12.5. The summed E-state index contributed by atoms with van der Waals surface area (Å²) in [4.78, 5) is 12.5. The lowest BCUT2D eigenvalue weighted by molar-refractivity contribution is 0.0232. The van der Waals surface area contributed by atoms with E-state index in [1.54, 1.807) is 0 Å². The van der Waals surface area contributed by atoms with Crippen LogP contribution in [-0.2, 0) is 0 Å². The van der Waals surface area contributed by atoms with Crippen LogP contribution in [0.3, 0.4) is 0 Å². The molecule has 142 valence electrons. The summed E-state index contributed by atoms with van der Waals surface area (Å²) in [6, 6.07) is 26.7. The van der Waals surface area contributed by atoms with Gasteiger partial charge in [-0.05, 0) is 62.1 Å². The lowest BCUT2D eigenvalue weighted by atomic mass is 9.94. The monoisotopic (exact) mass is 372 g/mol. The SMILES string of the molecule is O=C(c1ccccc1)c1ccc(OC2CCCCC2Oc2ccccc2)cc1. The summed E-state index contributed by atoms with van der Waals surface area (Å²) in [5.74, 6) is 1.68. The van der Waals surface area contributed by atoms with E-state index in [1.165, 1.54) is 0 Å². The summed E-state index contributed by atoms with van der Waals surface area (Å²) in [7, 11) is 0. The van der Waals surface area contributed by atoms with E-state index in [1.807, 2.05) is 84.9 Å². The van der Waals surface area contributed by atoms with Gasteiger partial charge in [0.05, 0.1) is 0 Å².